The number of nitrogens with one attached hydrogen (secondary N) is 1. The zero-order valence-corrected chi connectivity index (χ0v) is 19.8. The molecule has 1 aliphatic rings. The Morgan fingerprint density at radius 1 is 0.970 bits per heavy atom. The average Bonchev–Trinajstić information content (AvgIpc) is 3.07. The SMILES string of the molecule is O=C(CN1C(=O)S/C(=C\c2ccccc2OCc2ccc(Br)cc2)C1=O)Nc1ccccc1. The number of benzene rings is 3. The van der Waals surface area contributed by atoms with Gasteiger partial charge in [-0.2, -0.15) is 0 Å². The van der Waals surface area contributed by atoms with Gasteiger partial charge < -0.3 is 10.1 Å². The Labute approximate surface area is 203 Å². The van der Waals surface area contributed by atoms with Crippen LogP contribution in [0.2, 0.25) is 0 Å². The number of thioether (sulfide) groups is 1. The lowest BCUT2D eigenvalue weighted by Crippen LogP contribution is -2.36. The second kappa shape index (κ2) is 10.5. The first-order valence-corrected chi connectivity index (χ1v) is 11.7. The number of carbonyl (C=O) groups excluding carboxylic acids is 3. The highest BCUT2D eigenvalue weighted by Crippen LogP contribution is 2.34. The van der Waals surface area contributed by atoms with E-state index in [-0.39, 0.29) is 11.4 Å². The lowest BCUT2D eigenvalue weighted by molar-refractivity contribution is -0.127. The molecule has 1 saturated heterocycles. The summed E-state index contributed by atoms with van der Waals surface area (Å²) in [6, 6.07) is 24.0. The zero-order chi connectivity index (χ0) is 23.2. The largest absolute Gasteiger partial charge is 0.488 e. The van der Waals surface area contributed by atoms with Gasteiger partial charge in [-0.1, -0.05) is 64.5 Å². The number of hydrogen-bond donors (Lipinski definition) is 1. The van der Waals surface area contributed by atoms with Crippen molar-refractivity contribution in [1.82, 2.24) is 4.90 Å². The van der Waals surface area contributed by atoms with Crippen LogP contribution in [0, 0.1) is 0 Å². The molecule has 1 aliphatic heterocycles. The molecule has 0 aliphatic carbocycles. The number of anilines is 1. The maximum absolute atomic E-state index is 12.8. The monoisotopic (exact) mass is 522 g/mol. The van der Waals surface area contributed by atoms with E-state index in [1.165, 1.54) is 0 Å². The van der Waals surface area contributed by atoms with Crippen LogP contribution in [0.5, 0.6) is 5.75 Å². The highest BCUT2D eigenvalue weighted by atomic mass is 79.9. The van der Waals surface area contributed by atoms with Crippen molar-refractivity contribution in [2.45, 2.75) is 6.61 Å². The van der Waals surface area contributed by atoms with Crippen molar-refractivity contribution < 1.29 is 19.1 Å². The summed E-state index contributed by atoms with van der Waals surface area (Å²) in [5, 5.41) is 2.20. The molecule has 3 aromatic rings. The fourth-order valence-corrected chi connectivity index (χ4v) is 4.21. The molecule has 1 heterocycles. The maximum atomic E-state index is 12.8. The van der Waals surface area contributed by atoms with Crippen molar-refractivity contribution in [3.63, 3.8) is 0 Å². The van der Waals surface area contributed by atoms with Crippen LogP contribution in [0.15, 0.2) is 88.2 Å². The van der Waals surface area contributed by atoms with E-state index < -0.39 is 17.1 Å². The Morgan fingerprint density at radius 3 is 2.42 bits per heavy atom. The van der Waals surface area contributed by atoms with Gasteiger partial charge in [0.2, 0.25) is 5.91 Å². The van der Waals surface area contributed by atoms with Crippen LogP contribution < -0.4 is 10.1 Å². The third-order valence-electron chi connectivity index (χ3n) is 4.75. The maximum Gasteiger partial charge on any atom is 0.294 e. The molecule has 1 N–H and O–H groups in total. The third kappa shape index (κ3) is 5.91. The summed E-state index contributed by atoms with van der Waals surface area (Å²) in [5.74, 6) is -0.354. The van der Waals surface area contributed by atoms with Crippen molar-refractivity contribution in [1.29, 1.82) is 0 Å². The van der Waals surface area contributed by atoms with Gasteiger partial charge in [-0.25, -0.2) is 0 Å². The molecule has 3 aromatic carbocycles. The molecule has 0 spiro atoms. The van der Waals surface area contributed by atoms with Crippen molar-refractivity contribution in [3.05, 3.63) is 99.4 Å². The number of halogens is 1. The summed E-state index contributed by atoms with van der Waals surface area (Å²) in [7, 11) is 0. The van der Waals surface area contributed by atoms with Crippen LogP contribution in [0.4, 0.5) is 10.5 Å². The third-order valence-corrected chi connectivity index (χ3v) is 6.18. The molecule has 33 heavy (non-hydrogen) atoms. The second-order valence-corrected chi connectivity index (χ2v) is 9.04. The summed E-state index contributed by atoms with van der Waals surface area (Å²) in [5.41, 5.74) is 2.27. The van der Waals surface area contributed by atoms with Crippen molar-refractivity contribution in [2.75, 3.05) is 11.9 Å². The lowest BCUT2D eigenvalue weighted by atomic mass is 10.1. The van der Waals surface area contributed by atoms with E-state index in [4.69, 9.17) is 4.74 Å². The quantitative estimate of drug-likeness (QED) is 0.402. The van der Waals surface area contributed by atoms with Crippen LogP contribution in [0.25, 0.3) is 6.08 Å². The van der Waals surface area contributed by atoms with Gasteiger partial charge in [0, 0.05) is 15.7 Å². The standard InChI is InChI=1S/C25H19BrN2O4S/c26-19-12-10-17(11-13-19)16-32-21-9-5-4-6-18(21)14-22-24(30)28(25(31)33-22)15-23(29)27-20-7-2-1-3-8-20/h1-14H,15-16H2,(H,27,29)/b22-14-. The van der Waals surface area contributed by atoms with Crippen LogP contribution in [0.3, 0.4) is 0 Å². The minimum absolute atomic E-state index is 0.243. The Hall–Kier alpha value is -3.36. The molecule has 0 saturated carbocycles. The fourth-order valence-electron chi connectivity index (χ4n) is 3.12. The van der Waals surface area contributed by atoms with Gasteiger partial charge >= 0.3 is 0 Å². The van der Waals surface area contributed by atoms with Gasteiger partial charge in [-0.3, -0.25) is 19.3 Å². The number of amides is 3. The number of para-hydroxylation sites is 2. The first kappa shape index (κ1) is 22.8. The second-order valence-electron chi connectivity index (χ2n) is 7.14. The van der Waals surface area contributed by atoms with E-state index in [0.29, 0.717) is 23.6 Å². The molecular weight excluding hydrogens is 504 g/mol. The number of carbonyl (C=O) groups is 3. The molecule has 166 valence electrons. The zero-order valence-electron chi connectivity index (χ0n) is 17.4. The van der Waals surface area contributed by atoms with E-state index in [1.807, 2.05) is 54.6 Å². The van der Waals surface area contributed by atoms with Gasteiger partial charge in [0.25, 0.3) is 11.1 Å². The topological polar surface area (TPSA) is 75.7 Å². The number of rotatable bonds is 7. The molecule has 3 amide bonds. The predicted molar refractivity (Wildman–Crippen MR) is 133 cm³/mol. The van der Waals surface area contributed by atoms with Gasteiger partial charge in [0.1, 0.15) is 18.9 Å². The molecule has 0 atom stereocenters. The molecule has 6 nitrogen and oxygen atoms in total. The van der Waals surface area contributed by atoms with Gasteiger partial charge in [0.05, 0.1) is 4.91 Å². The summed E-state index contributed by atoms with van der Waals surface area (Å²) in [4.78, 5) is 38.7. The van der Waals surface area contributed by atoms with Crippen LogP contribution in [0.1, 0.15) is 11.1 Å². The van der Waals surface area contributed by atoms with Crippen molar-refractivity contribution in [3.8, 4) is 5.75 Å². The molecule has 4 rings (SSSR count). The highest BCUT2D eigenvalue weighted by Gasteiger charge is 2.36. The Balaban J connectivity index is 1.45. The van der Waals surface area contributed by atoms with Gasteiger partial charge in [-0.15, -0.1) is 0 Å². The number of hydrogen-bond acceptors (Lipinski definition) is 5. The van der Waals surface area contributed by atoms with E-state index >= 15 is 0 Å². The van der Waals surface area contributed by atoms with Crippen LogP contribution in [-0.4, -0.2) is 28.5 Å². The summed E-state index contributed by atoms with van der Waals surface area (Å²) < 4.78 is 6.94. The molecule has 8 heteroatoms. The highest BCUT2D eigenvalue weighted by molar-refractivity contribution is 9.10. The average molecular weight is 523 g/mol. The minimum Gasteiger partial charge on any atom is -0.488 e. The normalized spacial score (nSPS) is 14.6. The van der Waals surface area contributed by atoms with Crippen molar-refractivity contribution >= 4 is 56.5 Å². The molecule has 0 bridgehead atoms. The van der Waals surface area contributed by atoms with E-state index in [1.54, 1.807) is 30.3 Å². The fraction of sp³-hybridized carbons (Fsp3) is 0.0800. The number of ether oxygens (including phenoxy) is 1. The molecular formula is C25H19BrN2O4S. The predicted octanol–water partition coefficient (Wildman–Crippen LogP) is 5.70. The Morgan fingerprint density at radius 2 is 1.67 bits per heavy atom. The van der Waals surface area contributed by atoms with Crippen LogP contribution >= 0.6 is 27.7 Å². The molecule has 1 fully saturated rings. The summed E-state index contributed by atoms with van der Waals surface area (Å²) >= 11 is 4.22. The van der Waals surface area contributed by atoms with E-state index in [9.17, 15) is 14.4 Å². The molecule has 0 aromatic heterocycles. The van der Waals surface area contributed by atoms with Crippen LogP contribution in [-0.2, 0) is 16.2 Å². The molecule has 0 unspecified atom stereocenters. The first-order valence-electron chi connectivity index (χ1n) is 10.1. The Kier molecular flexibility index (Phi) is 7.26. The number of nitrogens with zero attached hydrogens (tertiary/aromatic N) is 1. The minimum atomic E-state index is -0.504. The summed E-state index contributed by atoms with van der Waals surface area (Å²) in [6.45, 7) is 0.0118. The Bertz CT molecular complexity index is 1210. The summed E-state index contributed by atoms with van der Waals surface area (Å²) in [6.07, 6.45) is 1.62. The van der Waals surface area contributed by atoms with E-state index in [0.717, 1.165) is 26.7 Å². The lowest BCUT2D eigenvalue weighted by Gasteiger charge is -2.12. The number of imide groups is 1. The molecule has 0 radical (unpaired) electrons. The van der Waals surface area contributed by atoms with Gasteiger partial charge in [0.15, 0.2) is 0 Å². The first-order chi connectivity index (χ1) is 16.0. The van der Waals surface area contributed by atoms with E-state index in [2.05, 4.69) is 21.2 Å². The van der Waals surface area contributed by atoms with Crippen molar-refractivity contribution in [2.24, 2.45) is 0 Å². The smallest absolute Gasteiger partial charge is 0.294 e. The van der Waals surface area contributed by atoms with Gasteiger partial charge in [-0.05, 0) is 53.7 Å².